The van der Waals surface area contributed by atoms with Crippen LogP contribution < -0.4 is 0 Å². The van der Waals surface area contributed by atoms with E-state index < -0.39 is 21.8 Å². The van der Waals surface area contributed by atoms with Crippen molar-refractivity contribution in [3.05, 3.63) is 52.2 Å². The van der Waals surface area contributed by atoms with E-state index in [-0.39, 0.29) is 15.3 Å². The Morgan fingerprint density at radius 1 is 1.11 bits per heavy atom. The summed E-state index contributed by atoms with van der Waals surface area (Å²) in [4.78, 5) is 24.3. The molecular weight excluding hydrogens is 286 g/mol. The summed E-state index contributed by atoms with van der Waals surface area (Å²) in [6.45, 7) is 0. The molecule has 0 saturated heterocycles. The van der Waals surface area contributed by atoms with Crippen LogP contribution in [-0.2, 0) is 10.0 Å². The van der Waals surface area contributed by atoms with Crippen molar-refractivity contribution < 1.29 is 18.0 Å². The fourth-order valence-electron chi connectivity index (χ4n) is 1.89. The summed E-state index contributed by atoms with van der Waals surface area (Å²) in [6.07, 6.45) is 0. The minimum Gasteiger partial charge on any atom is -0.267 e. The Morgan fingerprint density at radius 2 is 1.84 bits per heavy atom. The smallest absolute Gasteiger partial charge is 0.267 e. The molecular formula is C12H7NO4S2. The highest BCUT2D eigenvalue weighted by Crippen LogP contribution is 2.31. The van der Waals surface area contributed by atoms with Crippen molar-refractivity contribution in [3.63, 3.8) is 0 Å². The van der Waals surface area contributed by atoms with Gasteiger partial charge in [-0.1, -0.05) is 18.2 Å². The number of carbonyl (C=O) groups excluding carboxylic acids is 2. The van der Waals surface area contributed by atoms with Gasteiger partial charge in [-0.2, -0.15) is 4.31 Å². The average Bonchev–Trinajstić information content (AvgIpc) is 2.97. The number of sulfonamides is 1. The van der Waals surface area contributed by atoms with E-state index in [0.717, 1.165) is 11.3 Å². The first-order chi connectivity index (χ1) is 9.03. The van der Waals surface area contributed by atoms with E-state index in [1.807, 2.05) is 0 Å². The van der Waals surface area contributed by atoms with Gasteiger partial charge in [0.1, 0.15) is 4.90 Å². The Bertz CT molecular complexity index is 770. The second-order valence-corrected chi connectivity index (χ2v) is 6.56. The molecule has 0 bridgehead atoms. The Kier molecular flexibility index (Phi) is 2.54. The molecule has 1 aromatic carbocycles. The van der Waals surface area contributed by atoms with Gasteiger partial charge >= 0.3 is 0 Å². The molecule has 1 aromatic heterocycles. The molecule has 2 amide bonds. The quantitative estimate of drug-likeness (QED) is 0.751. The number of hydrogen-bond donors (Lipinski definition) is 0. The second-order valence-electron chi connectivity index (χ2n) is 3.85. The molecule has 5 nitrogen and oxygen atoms in total. The van der Waals surface area contributed by atoms with Crippen molar-refractivity contribution in [1.82, 2.24) is 4.31 Å². The van der Waals surface area contributed by atoms with E-state index >= 15 is 0 Å². The van der Waals surface area contributed by atoms with E-state index in [0.29, 0.717) is 4.31 Å². The van der Waals surface area contributed by atoms with Gasteiger partial charge in [-0.05, 0) is 23.6 Å². The molecule has 1 aliphatic rings. The molecule has 0 unspecified atom stereocenters. The highest BCUT2D eigenvalue weighted by atomic mass is 32.2. The van der Waals surface area contributed by atoms with Gasteiger partial charge < -0.3 is 0 Å². The first kappa shape index (κ1) is 12.1. The summed E-state index contributed by atoms with van der Waals surface area (Å²) in [7, 11) is -4.08. The predicted molar refractivity (Wildman–Crippen MR) is 68.4 cm³/mol. The van der Waals surface area contributed by atoms with Crippen LogP contribution >= 0.6 is 11.3 Å². The average molecular weight is 293 g/mol. The molecule has 7 heteroatoms. The van der Waals surface area contributed by atoms with Gasteiger partial charge in [0.15, 0.2) is 0 Å². The number of rotatable bonds is 1. The maximum absolute atomic E-state index is 12.2. The zero-order valence-corrected chi connectivity index (χ0v) is 11.1. The largest absolute Gasteiger partial charge is 0.284 e. The van der Waals surface area contributed by atoms with Crippen LogP contribution in [0.3, 0.4) is 0 Å². The van der Waals surface area contributed by atoms with Crippen molar-refractivity contribution in [2.75, 3.05) is 0 Å². The standard InChI is InChI=1S/C12H7NO4S2/c14-11-8-4-1-2-6-10(8)19(16,17)13(11)12(15)9-5-3-7-18-9/h1-7H. The number of hydrogen-bond acceptors (Lipinski definition) is 5. The monoisotopic (exact) mass is 293 g/mol. The molecule has 2 aromatic rings. The highest BCUT2D eigenvalue weighted by molar-refractivity contribution is 7.91. The normalized spacial score (nSPS) is 16.4. The van der Waals surface area contributed by atoms with Gasteiger partial charge in [0.05, 0.1) is 10.4 Å². The van der Waals surface area contributed by atoms with Crippen LogP contribution in [0.25, 0.3) is 0 Å². The number of benzene rings is 1. The molecule has 0 atom stereocenters. The van der Waals surface area contributed by atoms with E-state index in [2.05, 4.69) is 0 Å². The number of imide groups is 1. The van der Waals surface area contributed by atoms with Crippen molar-refractivity contribution >= 4 is 33.2 Å². The number of amides is 2. The summed E-state index contributed by atoms with van der Waals surface area (Å²) >= 11 is 1.09. The number of fused-ring (bicyclic) bond motifs is 1. The van der Waals surface area contributed by atoms with Crippen LogP contribution in [0.15, 0.2) is 46.7 Å². The van der Waals surface area contributed by atoms with Crippen molar-refractivity contribution in [1.29, 1.82) is 0 Å². The maximum Gasteiger partial charge on any atom is 0.284 e. The van der Waals surface area contributed by atoms with E-state index in [1.54, 1.807) is 17.5 Å². The fourth-order valence-corrected chi connectivity index (χ4v) is 4.11. The van der Waals surface area contributed by atoms with Crippen molar-refractivity contribution in [2.45, 2.75) is 4.90 Å². The highest BCUT2D eigenvalue weighted by Gasteiger charge is 2.45. The predicted octanol–water partition coefficient (Wildman–Crippen LogP) is 1.73. The number of carbonyl (C=O) groups is 2. The molecule has 0 aliphatic carbocycles. The third-order valence-electron chi connectivity index (χ3n) is 2.74. The number of nitrogens with zero attached hydrogens (tertiary/aromatic N) is 1. The summed E-state index contributed by atoms with van der Waals surface area (Å²) in [5.74, 6) is -1.61. The molecule has 0 spiro atoms. The molecule has 0 radical (unpaired) electrons. The first-order valence-electron chi connectivity index (χ1n) is 5.30. The van der Waals surface area contributed by atoms with E-state index in [4.69, 9.17) is 0 Å². The van der Waals surface area contributed by atoms with E-state index in [1.165, 1.54) is 24.3 Å². The van der Waals surface area contributed by atoms with Gasteiger partial charge in [0.25, 0.3) is 21.8 Å². The van der Waals surface area contributed by atoms with Crippen LogP contribution in [0.2, 0.25) is 0 Å². The summed E-state index contributed by atoms with van der Waals surface area (Å²) < 4.78 is 24.8. The summed E-state index contributed by atoms with van der Waals surface area (Å²) in [5, 5.41) is 1.65. The van der Waals surface area contributed by atoms with Crippen molar-refractivity contribution in [2.24, 2.45) is 0 Å². The maximum atomic E-state index is 12.2. The third-order valence-corrected chi connectivity index (χ3v) is 5.32. The Balaban J connectivity index is 2.16. The molecule has 0 saturated carbocycles. The van der Waals surface area contributed by atoms with Gasteiger partial charge in [0.2, 0.25) is 0 Å². The third kappa shape index (κ3) is 1.62. The van der Waals surface area contributed by atoms with Crippen molar-refractivity contribution in [3.8, 4) is 0 Å². The number of thiophene rings is 1. The summed E-state index contributed by atoms with van der Waals surface area (Å²) in [6, 6.07) is 8.91. The lowest BCUT2D eigenvalue weighted by molar-refractivity contribution is 0.0742. The van der Waals surface area contributed by atoms with Crippen LogP contribution in [0.1, 0.15) is 20.0 Å². The minimum absolute atomic E-state index is 0.0346. The fraction of sp³-hybridized carbons (Fsp3) is 0. The molecule has 0 N–H and O–H groups in total. The zero-order valence-electron chi connectivity index (χ0n) is 9.44. The Hall–Kier alpha value is -1.99. The lowest BCUT2D eigenvalue weighted by Crippen LogP contribution is -2.35. The van der Waals surface area contributed by atoms with Gasteiger partial charge in [-0.15, -0.1) is 11.3 Å². The first-order valence-corrected chi connectivity index (χ1v) is 7.62. The SMILES string of the molecule is O=C(c1cccs1)N1C(=O)c2ccccc2S1(=O)=O. The molecule has 2 heterocycles. The summed E-state index contributed by atoms with van der Waals surface area (Å²) in [5.41, 5.74) is 0.0346. The van der Waals surface area contributed by atoms with Gasteiger partial charge in [0, 0.05) is 0 Å². The molecule has 0 fully saturated rings. The van der Waals surface area contributed by atoms with E-state index in [9.17, 15) is 18.0 Å². The molecule has 3 rings (SSSR count). The van der Waals surface area contributed by atoms with Gasteiger partial charge in [-0.25, -0.2) is 8.42 Å². The lowest BCUT2D eigenvalue weighted by atomic mass is 10.2. The topological polar surface area (TPSA) is 71.5 Å². The molecule has 1 aliphatic heterocycles. The van der Waals surface area contributed by atoms with Crippen LogP contribution in [0, 0.1) is 0 Å². The Labute approximate surface area is 113 Å². The minimum atomic E-state index is -4.08. The van der Waals surface area contributed by atoms with Gasteiger partial charge in [-0.3, -0.25) is 9.59 Å². The molecule has 96 valence electrons. The second kappa shape index (κ2) is 4.01. The lowest BCUT2D eigenvalue weighted by Gasteiger charge is -2.11. The van der Waals surface area contributed by atoms with Crippen LogP contribution in [-0.4, -0.2) is 24.5 Å². The molecule has 19 heavy (non-hydrogen) atoms. The van der Waals surface area contributed by atoms with Crippen LogP contribution in [0.5, 0.6) is 0 Å². The van der Waals surface area contributed by atoms with Crippen LogP contribution in [0.4, 0.5) is 0 Å². The zero-order chi connectivity index (χ0) is 13.6. The Morgan fingerprint density at radius 3 is 2.47 bits per heavy atom.